The molecule has 2 N–H and O–H groups in total. The smallest absolute Gasteiger partial charge is 0.224 e. The zero-order valence-corrected chi connectivity index (χ0v) is 11.4. The lowest BCUT2D eigenvalue weighted by Crippen LogP contribution is -2.34. The van der Waals surface area contributed by atoms with Crippen molar-refractivity contribution in [2.24, 2.45) is 17.1 Å². The Bertz CT molecular complexity index is 256. The fourth-order valence-electron chi connectivity index (χ4n) is 2.04. The highest BCUT2D eigenvalue weighted by molar-refractivity contribution is 5.76. The van der Waals surface area contributed by atoms with Crippen molar-refractivity contribution in [3.8, 4) is 0 Å². The minimum atomic E-state index is 0.119. The molecule has 0 aliphatic carbocycles. The minimum Gasteiger partial charge on any atom is -0.381 e. The molecule has 0 aromatic heterocycles. The van der Waals surface area contributed by atoms with Crippen molar-refractivity contribution in [1.82, 2.24) is 4.90 Å². The first-order valence-electron chi connectivity index (χ1n) is 6.52. The van der Waals surface area contributed by atoms with Gasteiger partial charge in [0.2, 0.25) is 5.91 Å². The molecule has 0 radical (unpaired) electrons. The van der Waals surface area contributed by atoms with E-state index in [0.717, 1.165) is 26.1 Å². The van der Waals surface area contributed by atoms with E-state index in [1.165, 1.54) is 0 Å². The van der Waals surface area contributed by atoms with Gasteiger partial charge in [-0.1, -0.05) is 20.8 Å². The molecule has 1 rings (SSSR count). The molecule has 4 nitrogen and oxygen atoms in total. The molecule has 1 atom stereocenters. The van der Waals surface area contributed by atoms with Gasteiger partial charge in [-0.25, -0.2) is 0 Å². The Hall–Kier alpha value is -0.610. The molecule has 1 saturated heterocycles. The lowest BCUT2D eigenvalue weighted by molar-refractivity contribution is -0.131. The highest BCUT2D eigenvalue weighted by Gasteiger charge is 2.34. The van der Waals surface area contributed by atoms with E-state index in [4.69, 9.17) is 10.5 Å². The van der Waals surface area contributed by atoms with Crippen LogP contribution in [0.15, 0.2) is 0 Å². The predicted molar refractivity (Wildman–Crippen MR) is 68.6 cm³/mol. The highest BCUT2D eigenvalue weighted by atomic mass is 16.5. The van der Waals surface area contributed by atoms with E-state index >= 15 is 0 Å². The average Bonchev–Trinajstić information content (AvgIpc) is 2.68. The van der Waals surface area contributed by atoms with Gasteiger partial charge in [-0.15, -0.1) is 0 Å². The van der Waals surface area contributed by atoms with Crippen LogP contribution in [0.4, 0.5) is 0 Å². The molecule has 0 spiro atoms. The third-order valence-electron chi connectivity index (χ3n) is 3.31. The first-order valence-corrected chi connectivity index (χ1v) is 6.52. The van der Waals surface area contributed by atoms with Crippen LogP contribution in [0.2, 0.25) is 0 Å². The van der Waals surface area contributed by atoms with E-state index < -0.39 is 0 Å². The summed E-state index contributed by atoms with van der Waals surface area (Å²) in [5.41, 5.74) is 5.84. The number of carbonyl (C=O) groups is 1. The van der Waals surface area contributed by atoms with Crippen LogP contribution < -0.4 is 5.73 Å². The third kappa shape index (κ3) is 4.64. The van der Waals surface area contributed by atoms with E-state index in [1.807, 2.05) is 4.90 Å². The summed E-state index contributed by atoms with van der Waals surface area (Å²) >= 11 is 0. The zero-order chi connectivity index (χ0) is 12.9. The quantitative estimate of drug-likeness (QED) is 0.713. The van der Waals surface area contributed by atoms with E-state index in [9.17, 15) is 4.79 Å². The van der Waals surface area contributed by atoms with Crippen LogP contribution in [-0.4, -0.2) is 43.7 Å². The van der Waals surface area contributed by atoms with Gasteiger partial charge in [0, 0.05) is 19.7 Å². The Morgan fingerprint density at radius 3 is 2.76 bits per heavy atom. The molecular weight excluding hydrogens is 216 g/mol. The topological polar surface area (TPSA) is 55.6 Å². The molecule has 17 heavy (non-hydrogen) atoms. The first kappa shape index (κ1) is 14.5. The van der Waals surface area contributed by atoms with Crippen LogP contribution in [0.5, 0.6) is 0 Å². The average molecular weight is 242 g/mol. The van der Waals surface area contributed by atoms with Crippen LogP contribution in [0.3, 0.4) is 0 Å². The summed E-state index contributed by atoms with van der Waals surface area (Å²) in [7, 11) is 0. The van der Waals surface area contributed by atoms with E-state index in [0.29, 0.717) is 25.5 Å². The van der Waals surface area contributed by atoms with Gasteiger partial charge in [-0.2, -0.15) is 0 Å². The largest absolute Gasteiger partial charge is 0.381 e. The van der Waals surface area contributed by atoms with Gasteiger partial charge in [-0.05, 0) is 24.3 Å². The van der Waals surface area contributed by atoms with Crippen molar-refractivity contribution >= 4 is 5.91 Å². The summed E-state index contributed by atoms with van der Waals surface area (Å²) < 4.78 is 5.43. The van der Waals surface area contributed by atoms with Gasteiger partial charge in [0.15, 0.2) is 0 Å². The van der Waals surface area contributed by atoms with E-state index in [-0.39, 0.29) is 11.3 Å². The van der Waals surface area contributed by atoms with Crippen molar-refractivity contribution in [3.63, 3.8) is 0 Å². The van der Waals surface area contributed by atoms with Gasteiger partial charge < -0.3 is 15.4 Å². The highest BCUT2D eigenvalue weighted by Crippen LogP contribution is 2.28. The Labute approximate surface area is 104 Å². The monoisotopic (exact) mass is 242 g/mol. The van der Waals surface area contributed by atoms with E-state index in [1.54, 1.807) is 0 Å². The van der Waals surface area contributed by atoms with Crippen molar-refractivity contribution in [3.05, 3.63) is 0 Å². The molecule has 1 aliphatic heterocycles. The summed E-state index contributed by atoms with van der Waals surface area (Å²) in [6.07, 6.45) is 1.51. The van der Waals surface area contributed by atoms with Crippen LogP contribution in [0.1, 0.15) is 33.6 Å². The Morgan fingerprint density at radius 2 is 2.24 bits per heavy atom. The molecule has 1 fully saturated rings. The van der Waals surface area contributed by atoms with Crippen LogP contribution in [0, 0.1) is 11.3 Å². The van der Waals surface area contributed by atoms with Crippen LogP contribution in [0.25, 0.3) is 0 Å². The van der Waals surface area contributed by atoms with Gasteiger partial charge in [-0.3, -0.25) is 4.79 Å². The molecule has 0 aromatic carbocycles. The number of hydrogen-bond donors (Lipinski definition) is 1. The van der Waals surface area contributed by atoms with E-state index in [2.05, 4.69) is 20.8 Å². The number of amides is 1. The second-order valence-electron chi connectivity index (χ2n) is 5.80. The van der Waals surface area contributed by atoms with Crippen molar-refractivity contribution in [2.45, 2.75) is 33.6 Å². The van der Waals surface area contributed by atoms with Gasteiger partial charge in [0.05, 0.1) is 13.0 Å². The van der Waals surface area contributed by atoms with Crippen LogP contribution >= 0.6 is 0 Å². The lowest BCUT2D eigenvalue weighted by Gasteiger charge is -2.22. The third-order valence-corrected chi connectivity index (χ3v) is 3.31. The Balaban J connectivity index is 2.21. The molecule has 1 amide bonds. The zero-order valence-electron chi connectivity index (χ0n) is 11.4. The first-order chi connectivity index (χ1) is 7.97. The van der Waals surface area contributed by atoms with Crippen LogP contribution in [-0.2, 0) is 9.53 Å². The summed E-state index contributed by atoms with van der Waals surface area (Å²) in [5, 5.41) is 0. The molecule has 1 heterocycles. The van der Waals surface area contributed by atoms with Crippen molar-refractivity contribution < 1.29 is 9.53 Å². The molecule has 0 aromatic rings. The molecule has 1 aliphatic rings. The summed E-state index contributed by atoms with van der Waals surface area (Å²) in [6, 6.07) is 0. The second-order valence-corrected chi connectivity index (χ2v) is 5.80. The molecular formula is C13H26N2O2. The van der Waals surface area contributed by atoms with Crippen molar-refractivity contribution in [2.75, 3.05) is 32.8 Å². The number of rotatable bonds is 6. The fraction of sp³-hybridized carbons (Fsp3) is 0.923. The van der Waals surface area contributed by atoms with Gasteiger partial charge in [0.25, 0.3) is 0 Å². The summed E-state index contributed by atoms with van der Waals surface area (Å²) in [6.45, 7) is 9.92. The lowest BCUT2D eigenvalue weighted by atomic mass is 9.90. The maximum Gasteiger partial charge on any atom is 0.224 e. The maximum absolute atomic E-state index is 11.9. The minimum absolute atomic E-state index is 0.119. The Morgan fingerprint density at radius 1 is 1.53 bits per heavy atom. The van der Waals surface area contributed by atoms with Gasteiger partial charge >= 0.3 is 0 Å². The van der Waals surface area contributed by atoms with Gasteiger partial charge in [0.1, 0.15) is 0 Å². The standard InChI is InChI=1S/C13H26N2O2/c1-11(2)8-17-7-4-12(16)15-6-5-13(3,9-14)10-15/h11H,4-10,14H2,1-3H3. The number of nitrogens with zero attached hydrogens (tertiary/aromatic N) is 1. The second kappa shape index (κ2) is 6.36. The molecule has 0 saturated carbocycles. The summed E-state index contributed by atoms with van der Waals surface area (Å²) in [5.74, 6) is 0.725. The normalized spacial score (nSPS) is 24.6. The predicted octanol–water partition coefficient (Wildman–Crippen LogP) is 1.25. The van der Waals surface area contributed by atoms with Crippen molar-refractivity contribution in [1.29, 1.82) is 0 Å². The molecule has 0 bridgehead atoms. The number of ether oxygens (including phenoxy) is 1. The number of hydrogen-bond acceptors (Lipinski definition) is 3. The number of nitrogens with two attached hydrogens (primary N) is 1. The molecule has 4 heteroatoms. The summed E-state index contributed by atoms with van der Waals surface area (Å²) in [4.78, 5) is 13.8. The Kier molecular flexibility index (Phi) is 5.40. The number of carbonyl (C=O) groups excluding carboxylic acids is 1. The molecule has 1 unspecified atom stereocenters. The SMILES string of the molecule is CC(C)COCCC(=O)N1CCC(C)(CN)C1. The molecule has 100 valence electrons. The maximum atomic E-state index is 11.9. The number of likely N-dealkylation sites (tertiary alicyclic amines) is 1. The fourth-order valence-corrected chi connectivity index (χ4v) is 2.04.